The van der Waals surface area contributed by atoms with Crippen molar-refractivity contribution in [3.05, 3.63) is 52.7 Å². The molecule has 0 saturated carbocycles. The molecular weight excluding hydrogens is 260 g/mol. The third-order valence-corrected chi connectivity index (χ3v) is 4.33. The lowest BCUT2D eigenvalue weighted by molar-refractivity contribution is 0.353. The Morgan fingerprint density at radius 3 is 2.95 bits per heavy atom. The fraction of sp³-hybridized carbons (Fsp3) is 0.353. The highest BCUT2D eigenvalue weighted by molar-refractivity contribution is 5.59. The van der Waals surface area contributed by atoms with Crippen molar-refractivity contribution in [3.8, 4) is 0 Å². The summed E-state index contributed by atoms with van der Waals surface area (Å²) in [5.74, 6) is 0.934. The van der Waals surface area contributed by atoms with Gasteiger partial charge in [-0.25, -0.2) is 4.98 Å². The van der Waals surface area contributed by atoms with Crippen molar-refractivity contribution in [3.63, 3.8) is 0 Å². The first kappa shape index (κ1) is 12.8. The van der Waals surface area contributed by atoms with E-state index in [-0.39, 0.29) is 0 Å². The van der Waals surface area contributed by atoms with Crippen molar-refractivity contribution in [2.75, 3.05) is 18.9 Å². The Kier molecular flexibility index (Phi) is 3.13. The molecular formula is C17H20N4. The van der Waals surface area contributed by atoms with E-state index in [9.17, 15) is 0 Å². The molecule has 2 N–H and O–H groups in total. The molecule has 0 bridgehead atoms. The minimum Gasteiger partial charge on any atom is -0.340 e. The monoisotopic (exact) mass is 280 g/mol. The number of aromatic nitrogens is 1. The molecule has 0 radical (unpaired) electrons. The molecule has 4 rings (SSSR count). The molecule has 0 atom stereocenters. The highest BCUT2D eigenvalue weighted by Crippen LogP contribution is 2.26. The predicted octanol–water partition coefficient (Wildman–Crippen LogP) is 2.42. The standard InChI is InChI=1S/C17H20N4/c1-21-10-13-2-3-16(6-15(13)11-21)20-17-7-14-8-18-5-4-12(14)9-19-17/h2-3,6-7,9,18H,4-5,8,10-11H2,1H3,(H,19,20). The van der Waals surface area contributed by atoms with E-state index in [2.05, 4.69) is 51.8 Å². The number of hydrogen-bond acceptors (Lipinski definition) is 4. The highest BCUT2D eigenvalue weighted by atomic mass is 15.1. The maximum absolute atomic E-state index is 4.55. The first-order valence-corrected chi connectivity index (χ1v) is 7.54. The Hall–Kier alpha value is -1.91. The number of benzene rings is 1. The normalized spacial score (nSPS) is 17.4. The van der Waals surface area contributed by atoms with E-state index in [4.69, 9.17) is 0 Å². The van der Waals surface area contributed by atoms with Crippen LogP contribution in [0.2, 0.25) is 0 Å². The molecule has 1 aromatic heterocycles. The number of pyridine rings is 1. The van der Waals surface area contributed by atoms with Gasteiger partial charge in [0.25, 0.3) is 0 Å². The van der Waals surface area contributed by atoms with Crippen LogP contribution in [-0.2, 0) is 26.1 Å². The predicted molar refractivity (Wildman–Crippen MR) is 84.5 cm³/mol. The van der Waals surface area contributed by atoms with Crippen molar-refractivity contribution in [2.24, 2.45) is 0 Å². The van der Waals surface area contributed by atoms with Gasteiger partial charge < -0.3 is 10.6 Å². The number of nitrogens with zero attached hydrogens (tertiary/aromatic N) is 2. The average Bonchev–Trinajstić information content (AvgIpc) is 2.86. The molecule has 0 unspecified atom stereocenters. The summed E-state index contributed by atoms with van der Waals surface area (Å²) in [5.41, 5.74) is 6.71. The van der Waals surface area contributed by atoms with E-state index < -0.39 is 0 Å². The zero-order valence-electron chi connectivity index (χ0n) is 12.3. The molecule has 2 aliphatic heterocycles. The van der Waals surface area contributed by atoms with Gasteiger partial charge in [-0.2, -0.15) is 0 Å². The summed E-state index contributed by atoms with van der Waals surface area (Å²) in [5, 5.41) is 6.85. The summed E-state index contributed by atoms with van der Waals surface area (Å²) < 4.78 is 0. The van der Waals surface area contributed by atoms with E-state index in [1.165, 1.54) is 22.3 Å². The summed E-state index contributed by atoms with van der Waals surface area (Å²) in [4.78, 5) is 6.88. The third kappa shape index (κ3) is 2.52. The topological polar surface area (TPSA) is 40.2 Å². The van der Waals surface area contributed by atoms with Gasteiger partial charge >= 0.3 is 0 Å². The van der Waals surface area contributed by atoms with Crippen molar-refractivity contribution >= 4 is 11.5 Å². The molecule has 0 spiro atoms. The minimum absolute atomic E-state index is 0.934. The van der Waals surface area contributed by atoms with Gasteiger partial charge in [-0.1, -0.05) is 6.07 Å². The Morgan fingerprint density at radius 1 is 1.10 bits per heavy atom. The van der Waals surface area contributed by atoms with Crippen LogP contribution in [-0.4, -0.2) is 23.5 Å². The van der Waals surface area contributed by atoms with E-state index in [1.54, 1.807) is 0 Å². The Labute approximate surface area is 125 Å². The molecule has 4 nitrogen and oxygen atoms in total. The largest absolute Gasteiger partial charge is 0.340 e. The van der Waals surface area contributed by atoms with Crippen molar-refractivity contribution in [1.29, 1.82) is 0 Å². The lowest BCUT2D eigenvalue weighted by atomic mass is 10.0. The fourth-order valence-electron chi connectivity index (χ4n) is 3.22. The first-order valence-electron chi connectivity index (χ1n) is 7.54. The van der Waals surface area contributed by atoms with Gasteiger partial charge in [-0.3, -0.25) is 4.90 Å². The minimum atomic E-state index is 0.934. The Morgan fingerprint density at radius 2 is 2.00 bits per heavy atom. The van der Waals surface area contributed by atoms with Crippen molar-refractivity contribution in [1.82, 2.24) is 15.2 Å². The second-order valence-electron chi connectivity index (χ2n) is 6.05. The molecule has 2 aromatic rings. The number of rotatable bonds is 2. The summed E-state index contributed by atoms with van der Waals surface area (Å²) >= 11 is 0. The molecule has 0 fully saturated rings. The number of fused-ring (bicyclic) bond motifs is 2. The average molecular weight is 280 g/mol. The van der Waals surface area contributed by atoms with Gasteiger partial charge in [0.05, 0.1) is 0 Å². The van der Waals surface area contributed by atoms with Gasteiger partial charge in [0, 0.05) is 31.5 Å². The maximum atomic E-state index is 4.55. The van der Waals surface area contributed by atoms with Crippen LogP contribution in [0.3, 0.4) is 0 Å². The summed E-state index contributed by atoms with van der Waals surface area (Å²) in [6.07, 6.45) is 3.09. The molecule has 1 aromatic carbocycles. The molecule has 2 aliphatic rings. The summed E-state index contributed by atoms with van der Waals surface area (Å²) in [6, 6.07) is 8.79. The second kappa shape index (κ2) is 5.13. The SMILES string of the molecule is CN1Cc2ccc(Nc3cc4c(cn3)CCNC4)cc2C1. The maximum Gasteiger partial charge on any atom is 0.130 e. The quantitative estimate of drug-likeness (QED) is 0.886. The lowest BCUT2D eigenvalue weighted by Crippen LogP contribution is -2.23. The van der Waals surface area contributed by atoms with Crippen molar-refractivity contribution < 1.29 is 0 Å². The van der Waals surface area contributed by atoms with E-state index in [0.717, 1.165) is 44.1 Å². The van der Waals surface area contributed by atoms with Crippen LogP contribution in [0.4, 0.5) is 11.5 Å². The highest BCUT2D eigenvalue weighted by Gasteiger charge is 2.16. The van der Waals surface area contributed by atoms with Crippen LogP contribution >= 0.6 is 0 Å². The van der Waals surface area contributed by atoms with E-state index in [0.29, 0.717) is 0 Å². The Balaban J connectivity index is 1.57. The third-order valence-electron chi connectivity index (χ3n) is 4.33. The molecule has 21 heavy (non-hydrogen) atoms. The molecule has 0 aliphatic carbocycles. The van der Waals surface area contributed by atoms with Crippen LogP contribution in [0.25, 0.3) is 0 Å². The molecule has 0 amide bonds. The van der Waals surface area contributed by atoms with Gasteiger partial charge in [-0.15, -0.1) is 0 Å². The summed E-state index contributed by atoms with van der Waals surface area (Å²) in [6.45, 7) is 4.09. The van der Waals surface area contributed by atoms with Gasteiger partial charge in [-0.05, 0) is 60.5 Å². The van der Waals surface area contributed by atoms with Crippen LogP contribution in [0, 0.1) is 0 Å². The Bertz CT molecular complexity index is 680. The molecule has 3 heterocycles. The van der Waals surface area contributed by atoms with Gasteiger partial charge in [0.2, 0.25) is 0 Å². The smallest absolute Gasteiger partial charge is 0.130 e. The van der Waals surface area contributed by atoms with Crippen LogP contribution in [0.5, 0.6) is 0 Å². The zero-order chi connectivity index (χ0) is 14.2. The number of hydrogen-bond donors (Lipinski definition) is 2. The van der Waals surface area contributed by atoms with Crippen LogP contribution in [0.15, 0.2) is 30.5 Å². The summed E-state index contributed by atoms with van der Waals surface area (Å²) in [7, 11) is 2.16. The van der Waals surface area contributed by atoms with Crippen LogP contribution in [0.1, 0.15) is 22.3 Å². The fourth-order valence-corrected chi connectivity index (χ4v) is 3.22. The van der Waals surface area contributed by atoms with Gasteiger partial charge in [0.15, 0.2) is 0 Å². The number of anilines is 2. The van der Waals surface area contributed by atoms with Gasteiger partial charge in [0.1, 0.15) is 5.82 Å². The zero-order valence-corrected chi connectivity index (χ0v) is 12.3. The van der Waals surface area contributed by atoms with Crippen LogP contribution < -0.4 is 10.6 Å². The lowest BCUT2D eigenvalue weighted by Gasteiger charge is -2.17. The second-order valence-corrected chi connectivity index (χ2v) is 6.05. The molecule has 108 valence electrons. The van der Waals surface area contributed by atoms with E-state index in [1.807, 2.05) is 6.20 Å². The first-order chi connectivity index (χ1) is 10.3. The molecule has 0 saturated heterocycles. The van der Waals surface area contributed by atoms with E-state index >= 15 is 0 Å². The molecule has 4 heteroatoms. The van der Waals surface area contributed by atoms with Crippen molar-refractivity contribution in [2.45, 2.75) is 26.1 Å². The number of nitrogens with one attached hydrogen (secondary N) is 2.